The zero-order valence-electron chi connectivity index (χ0n) is 15.7. The number of rotatable bonds is 10. The van der Waals surface area contributed by atoms with Crippen LogP contribution in [-0.2, 0) is 0 Å². The molecule has 0 spiro atoms. The fraction of sp³-hybridized carbons (Fsp3) is 0.727. The molecule has 24 heavy (non-hydrogen) atoms. The lowest BCUT2D eigenvalue weighted by Gasteiger charge is -2.28. The van der Waals surface area contributed by atoms with Crippen molar-refractivity contribution in [2.75, 3.05) is 6.61 Å². The van der Waals surface area contributed by atoms with Crippen molar-refractivity contribution < 1.29 is 9.13 Å². The van der Waals surface area contributed by atoms with Crippen molar-refractivity contribution in [2.24, 2.45) is 5.92 Å². The van der Waals surface area contributed by atoms with E-state index in [1.54, 1.807) is 6.07 Å². The van der Waals surface area contributed by atoms with Crippen LogP contribution in [0.2, 0.25) is 0 Å². The highest BCUT2D eigenvalue weighted by Gasteiger charge is 2.22. The average Bonchev–Trinajstić information content (AvgIpc) is 2.62. The number of benzene rings is 1. The van der Waals surface area contributed by atoms with Crippen molar-refractivity contribution in [1.29, 1.82) is 0 Å². The Balaban J connectivity index is 1.74. The van der Waals surface area contributed by atoms with Gasteiger partial charge in [-0.15, -0.1) is 0 Å². The van der Waals surface area contributed by atoms with Crippen LogP contribution < -0.4 is 4.74 Å². The summed E-state index contributed by atoms with van der Waals surface area (Å²) in [6.07, 6.45) is 13.6. The zero-order chi connectivity index (χ0) is 17.2. The lowest BCUT2D eigenvalue weighted by atomic mass is 9.78. The third kappa shape index (κ3) is 6.11. The van der Waals surface area contributed by atoms with Gasteiger partial charge in [0, 0.05) is 0 Å². The standard InChI is InChI=1S/C22H35FO/c1-3-5-6-7-8-9-16-24-22-15-14-20(17-21(22)23)19-12-10-18(4-2)11-13-19/h14-15,17-19H,3-13,16H2,1-2H3. The number of unbranched alkanes of at least 4 members (excludes halogenated alkanes) is 5. The van der Waals surface area contributed by atoms with Crippen molar-refractivity contribution in [2.45, 2.75) is 90.4 Å². The quantitative estimate of drug-likeness (QED) is 0.409. The van der Waals surface area contributed by atoms with E-state index in [1.807, 2.05) is 6.07 Å². The van der Waals surface area contributed by atoms with E-state index in [9.17, 15) is 4.39 Å². The highest BCUT2D eigenvalue weighted by molar-refractivity contribution is 5.31. The van der Waals surface area contributed by atoms with E-state index >= 15 is 0 Å². The molecule has 0 atom stereocenters. The van der Waals surface area contributed by atoms with Crippen molar-refractivity contribution in [3.05, 3.63) is 29.6 Å². The predicted octanol–water partition coefficient (Wildman–Crippen LogP) is 7.25. The number of ether oxygens (including phenoxy) is 1. The van der Waals surface area contributed by atoms with E-state index in [4.69, 9.17) is 4.74 Å². The monoisotopic (exact) mass is 334 g/mol. The zero-order valence-corrected chi connectivity index (χ0v) is 15.7. The van der Waals surface area contributed by atoms with Gasteiger partial charge in [0.05, 0.1) is 6.61 Å². The minimum Gasteiger partial charge on any atom is -0.491 e. The summed E-state index contributed by atoms with van der Waals surface area (Å²) in [5.74, 6) is 1.66. The summed E-state index contributed by atoms with van der Waals surface area (Å²) in [4.78, 5) is 0. The van der Waals surface area contributed by atoms with Gasteiger partial charge < -0.3 is 4.74 Å². The smallest absolute Gasteiger partial charge is 0.165 e. The first-order valence-electron chi connectivity index (χ1n) is 10.2. The highest BCUT2D eigenvalue weighted by Crippen LogP contribution is 2.37. The first-order chi connectivity index (χ1) is 11.7. The number of halogens is 1. The molecule has 0 amide bonds. The van der Waals surface area contributed by atoms with Gasteiger partial charge in [0.1, 0.15) is 0 Å². The molecule has 0 saturated heterocycles. The summed E-state index contributed by atoms with van der Waals surface area (Å²) in [7, 11) is 0. The maximum Gasteiger partial charge on any atom is 0.165 e. The van der Waals surface area contributed by atoms with Crippen LogP contribution in [0.25, 0.3) is 0 Å². The van der Waals surface area contributed by atoms with Gasteiger partial charge in [-0.1, -0.05) is 58.4 Å². The lowest BCUT2D eigenvalue weighted by molar-refractivity contribution is 0.288. The second-order valence-electron chi connectivity index (χ2n) is 7.43. The number of hydrogen-bond acceptors (Lipinski definition) is 1. The summed E-state index contributed by atoms with van der Waals surface area (Å²) in [5.41, 5.74) is 1.16. The Hall–Kier alpha value is -1.05. The fourth-order valence-electron chi connectivity index (χ4n) is 3.86. The van der Waals surface area contributed by atoms with Crippen molar-refractivity contribution in [3.63, 3.8) is 0 Å². The lowest BCUT2D eigenvalue weighted by Crippen LogP contribution is -2.12. The van der Waals surface area contributed by atoms with Crippen molar-refractivity contribution in [3.8, 4) is 5.75 Å². The summed E-state index contributed by atoms with van der Waals surface area (Å²) in [5, 5.41) is 0. The molecule has 1 aliphatic rings. The predicted molar refractivity (Wildman–Crippen MR) is 100 cm³/mol. The summed E-state index contributed by atoms with van der Waals surface area (Å²) in [6, 6.07) is 5.64. The Kier molecular flexibility index (Phi) is 8.63. The van der Waals surface area contributed by atoms with E-state index < -0.39 is 0 Å². The van der Waals surface area contributed by atoms with Crippen molar-refractivity contribution in [1.82, 2.24) is 0 Å². The van der Waals surface area contributed by atoms with Crippen LogP contribution in [0.1, 0.15) is 96.0 Å². The second kappa shape index (κ2) is 10.7. The molecule has 1 saturated carbocycles. The maximum atomic E-state index is 14.3. The first kappa shape index (κ1) is 19.3. The van der Waals surface area contributed by atoms with Crippen LogP contribution in [0, 0.1) is 11.7 Å². The average molecular weight is 335 g/mol. The largest absolute Gasteiger partial charge is 0.491 e. The Morgan fingerprint density at radius 1 is 0.958 bits per heavy atom. The molecule has 2 rings (SSSR count). The summed E-state index contributed by atoms with van der Waals surface area (Å²) < 4.78 is 19.9. The molecule has 0 radical (unpaired) electrons. The normalized spacial score (nSPS) is 21.0. The third-order valence-corrected chi connectivity index (χ3v) is 5.61. The van der Waals surface area contributed by atoms with Gasteiger partial charge in [0.25, 0.3) is 0 Å². The van der Waals surface area contributed by atoms with E-state index in [0.717, 1.165) is 17.9 Å². The first-order valence-corrected chi connectivity index (χ1v) is 10.2. The van der Waals surface area contributed by atoms with E-state index in [0.29, 0.717) is 18.3 Å². The molecule has 136 valence electrons. The van der Waals surface area contributed by atoms with Crippen LogP contribution in [0.5, 0.6) is 5.75 Å². The fourth-order valence-corrected chi connectivity index (χ4v) is 3.86. The van der Waals surface area contributed by atoms with Gasteiger partial charge >= 0.3 is 0 Å². The Labute approximate surface area is 148 Å². The molecule has 2 heteroatoms. The molecule has 0 unspecified atom stereocenters. The van der Waals surface area contributed by atoms with Gasteiger partial charge in [0.2, 0.25) is 0 Å². The van der Waals surface area contributed by atoms with Crippen LogP contribution >= 0.6 is 0 Å². The summed E-state index contributed by atoms with van der Waals surface area (Å²) >= 11 is 0. The van der Waals surface area contributed by atoms with E-state index in [-0.39, 0.29) is 5.82 Å². The Morgan fingerprint density at radius 3 is 2.33 bits per heavy atom. The molecule has 0 heterocycles. The topological polar surface area (TPSA) is 9.23 Å². The molecular formula is C22H35FO. The van der Waals surface area contributed by atoms with Crippen molar-refractivity contribution >= 4 is 0 Å². The van der Waals surface area contributed by atoms with Gasteiger partial charge in [-0.25, -0.2) is 4.39 Å². The molecule has 1 aliphatic carbocycles. The summed E-state index contributed by atoms with van der Waals surface area (Å²) in [6.45, 7) is 5.13. The SMILES string of the molecule is CCCCCCCCOc1ccc(C2CCC(CC)CC2)cc1F. The number of hydrogen-bond donors (Lipinski definition) is 0. The minimum absolute atomic E-state index is 0.184. The van der Waals surface area contributed by atoms with Gasteiger partial charge in [-0.2, -0.15) is 0 Å². The molecule has 0 aromatic heterocycles. The van der Waals surface area contributed by atoms with Gasteiger partial charge in [-0.05, 0) is 61.6 Å². The molecule has 0 N–H and O–H groups in total. The maximum absolute atomic E-state index is 14.3. The molecule has 1 aromatic carbocycles. The second-order valence-corrected chi connectivity index (χ2v) is 7.43. The molecule has 1 nitrogen and oxygen atoms in total. The van der Waals surface area contributed by atoms with Crippen LogP contribution in [0.15, 0.2) is 18.2 Å². The van der Waals surface area contributed by atoms with Gasteiger partial charge in [-0.3, -0.25) is 0 Å². The Bertz CT molecular complexity index is 463. The minimum atomic E-state index is -0.184. The molecule has 1 fully saturated rings. The highest BCUT2D eigenvalue weighted by atomic mass is 19.1. The molecule has 0 aliphatic heterocycles. The Morgan fingerprint density at radius 2 is 1.67 bits per heavy atom. The van der Waals surface area contributed by atoms with Crippen LogP contribution in [0.3, 0.4) is 0 Å². The molecular weight excluding hydrogens is 299 g/mol. The van der Waals surface area contributed by atoms with Crippen LogP contribution in [-0.4, -0.2) is 6.61 Å². The third-order valence-electron chi connectivity index (χ3n) is 5.61. The van der Waals surface area contributed by atoms with Crippen LogP contribution in [0.4, 0.5) is 4.39 Å². The van der Waals surface area contributed by atoms with Gasteiger partial charge in [0.15, 0.2) is 11.6 Å². The molecule has 1 aromatic rings. The molecule has 0 bridgehead atoms. The van der Waals surface area contributed by atoms with E-state index in [2.05, 4.69) is 19.9 Å². The van der Waals surface area contributed by atoms with E-state index in [1.165, 1.54) is 64.2 Å².